The summed E-state index contributed by atoms with van der Waals surface area (Å²) >= 11 is 1.76. The van der Waals surface area contributed by atoms with E-state index in [0.29, 0.717) is 12.1 Å². The van der Waals surface area contributed by atoms with Gasteiger partial charge < -0.3 is 15.7 Å². The lowest BCUT2D eigenvalue weighted by Gasteiger charge is -2.13. The van der Waals surface area contributed by atoms with Crippen molar-refractivity contribution in [3.8, 4) is 0 Å². The first-order chi connectivity index (χ1) is 14.3. The molecule has 1 amide bonds. The summed E-state index contributed by atoms with van der Waals surface area (Å²) in [6.45, 7) is 0.706. The molecule has 0 spiro atoms. The van der Waals surface area contributed by atoms with E-state index in [0.717, 1.165) is 29.4 Å². The summed E-state index contributed by atoms with van der Waals surface area (Å²) in [6, 6.07) is 8.19. The number of carbonyl (C=O) groups is 1. The molecule has 0 radical (unpaired) electrons. The number of hydrazine groups is 1. The minimum absolute atomic E-state index is 0.00177. The SMILES string of the molecule is O=C(NCCC1=CCCCC1)c1ccc2cc(C3NNC4=C3SC=CC4)[nH]c2c1. The third-order valence-electron chi connectivity index (χ3n) is 5.87. The standard InChI is InChI=1S/C23H26N4OS/c28-23(24-11-10-15-5-2-1-3-6-15)17-9-8-16-13-20(25-19(16)14-17)21-22-18(26-27-21)7-4-12-29-22/h4-5,8-9,12-14,21,25-27H,1-3,6-7,10-11H2,(H,24,28). The van der Waals surface area contributed by atoms with Gasteiger partial charge in [-0.1, -0.05) is 35.6 Å². The number of carbonyl (C=O) groups excluding carboxylic acids is 1. The van der Waals surface area contributed by atoms with Crippen molar-refractivity contribution in [1.82, 2.24) is 21.2 Å². The molecule has 1 aromatic heterocycles. The van der Waals surface area contributed by atoms with Gasteiger partial charge in [0.05, 0.1) is 6.04 Å². The van der Waals surface area contributed by atoms with Crippen molar-refractivity contribution in [1.29, 1.82) is 0 Å². The topological polar surface area (TPSA) is 69.0 Å². The molecule has 1 atom stereocenters. The highest BCUT2D eigenvalue weighted by Crippen LogP contribution is 2.40. The molecule has 0 bridgehead atoms. The van der Waals surface area contributed by atoms with E-state index in [-0.39, 0.29) is 11.9 Å². The largest absolute Gasteiger partial charge is 0.357 e. The number of allylic oxidation sites excluding steroid dienone is 2. The molecule has 4 N–H and O–H groups in total. The maximum absolute atomic E-state index is 12.6. The fourth-order valence-corrected chi connectivity index (χ4v) is 5.21. The van der Waals surface area contributed by atoms with Gasteiger partial charge in [-0.2, -0.15) is 0 Å². The molecule has 5 rings (SSSR count). The second-order valence-corrected chi connectivity index (χ2v) is 8.83. The highest BCUT2D eigenvalue weighted by atomic mass is 32.2. The van der Waals surface area contributed by atoms with Crippen molar-refractivity contribution < 1.29 is 4.79 Å². The molecule has 1 aromatic carbocycles. The maximum Gasteiger partial charge on any atom is 0.251 e. The third-order valence-corrected chi connectivity index (χ3v) is 6.94. The lowest BCUT2D eigenvalue weighted by atomic mass is 9.97. The van der Waals surface area contributed by atoms with Gasteiger partial charge >= 0.3 is 0 Å². The van der Waals surface area contributed by atoms with Crippen LogP contribution in [0.3, 0.4) is 0 Å². The molecule has 5 nitrogen and oxygen atoms in total. The van der Waals surface area contributed by atoms with Gasteiger partial charge in [0.25, 0.3) is 5.91 Å². The molecule has 29 heavy (non-hydrogen) atoms. The van der Waals surface area contributed by atoms with E-state index in [9.17, 15) is 4.79 Å². The van der Waals surface area contributed by atoms with E-state index >= 15 is 0 Å². The van der Waals surface area contributed by atoms with Gasteiger partial charge in [-0.05, 0) is 61.1 Å². The van der Waals surface area contributed by atoms with E-state index in [2.05, 4.69) is 44.8 Å². The summed E-state index contributed by atoms with van der Waals surface area (Å²) in [5.41, 5.74) is 12.2. The number of thioether (sulfide) groups is 1. The number of hydrogen-bond donors (Lipinski definition) is 4. The molecule has 6 heteroatoms. The molecule has 2 aromatic rings. The van der Waals surface area contributed by atoms with Crippen LogP contribution in [0.25, 0.3) is 10.9 Å². The Labute approximate surface area is 175 Å². The van der Waals surface area contributed by atoms with Crippen molar-refractivity contribution >= 4 is 28.6 Å². The summed E-state index contributed by atoms with van der Waals surface area (Å²) in [5.74, 6) is -0.00177. The van der Waals surface area contributed by atoms with Gasteiger partial charge in [0.1, 0.15) is 0 Å². The van der Waals surface area contributed by atoms with Crippen molar-refractivity contribution in [3.05, 3.63) is 69.3 Å². The lowest BCUT2D eigenvalue weighted by Crippen LogP contribution is -2.27. The fraction of sp³-hybridized carbons (Fsp3) is 0.348. The van der Waals surface area contributed by atoms with Gasteiger partial charge in [-0.3, -0.25) is 4.79 Å². The molecular formula is C23H26N4OS. The minimum Gasteiger partial charge on any atom is -0.357 e. The highest BCUT2D eigenvalue weighted by molar-refractivity contribution is 8.05. The van der Waals surface area contributed by atoms with E-state index < -0.39 is 0 Å². The molecule has 3 aliphatic rings. The smallest absolute Gasteiger partial charge is 0.251 e. The molecule has 0 saturated heterocycles. The van der Waals surface area contributed by atoms with E-state index in [1.807, 2.05) is 18.2 Å². The van der Waals surface area contributed by atoms with Crippen molar-refractivity contribution in [2.75, 3.05) is 6.54 Å². The number of fused-ring (bicyclic) bond motifs is 1. The van der Waals surface area contributed by atoms with Crippen LogP contribution in [0, 0.1) is 0 Å². The summed E-state index contributed by atoms with van der Waals surface area (Å²) in [5, 5.41) is 6.34. The minimum atomic E-state index is -0.00177. The van der Waals surface area contributed by atoms with Gasteiger partial charge in [0.15, 0.2) is 0 Å². The number of aromatic amines is 1. The summed E-state index contributed by atoms with van der Waals surface area (Å²) in [6.07, 6.45) is 11.4. The van der Waals surface area contributed by atoms with Crippen LogP contribution in [0.15, 0.2) is 58.0 Å². The van der Waals surface area contributed by atoms with Crippen molar-refractivity contribution in [2.45, 2.75) is 44.6 Å². The van der Waals surface area contributed by atoms with Gasteiger partial charge in [0.2, 0.25) is 0 Å². The molecule has 0 saturated carbocycles. The van der Waals surface area contributed by atoms with Gasteiger partial charge in [-0.25, -0.2) is 5.43 Å². The molecule has 1 unspecified atom stereocenters. The summed E-state index contributed by atoms with van der Waals surface area (Å²) in [4.78, 5) is 17.4. The number of H-pyrrole nitrogens is 1. The van der Waals surface area contributed by atoms with E-state index in [4.69, 9.17) is 0 Å². The number of benzene rings is 1. The Balaban J connectivity index is 1.27. The average Bonchev–Trinajstić information content (AvgIpc) is 3.37. The normalized spacial score (nSPS) is 21.1. The van der Waals surface area contributed by atoms with E-state index in [1.54, 1.807) is 11.8 Å². The Hall–Kier alpha value is -2.44. The predicted octanol–water partition coefficient (Wildman–Crippen LogP) is 4.80. The van der Waals surface area contributed by atoms with Crippen LogP contribution in [0.2, 0.25) is 0 Å². The molecular weight excluding hydrogens is 380 g/mol. The monoisotopic (exact) mass is 406 g/mol. The van der Waals surface area contributed by atoms with Crippen LogP contribution in [0.4, 0.5) is 0 Å². The Morgan fingerprint density at radius 2 is 2.21 bits per heavy atom. The quantitative estimate of drug-likeness (QED) is 0.539. The number of hydrogen-bond acceptors (Lipinski definition) is 4. The number of rotatable bonds is 5. The predicted molar refractivity (Wildman–Crippen MR) is 119 cm³/mol. The summed E-state index contributed by atoms with van der Waals surface area (Å²) < 4.78 is 0. The van der Waals surface area contributed by atoms with Gasteiger partial charge in [0, 0.05) is 40.3 Å². The maximum atomic E-state index is 12.6. The van der Waals surface area contributed by atoms with Crippen molar-refractivity contribution in [2.24, 2.45) is 0 Å². The number of amides is 1. The molecule has 2 aliphatic heterocycles. The van der Waals surface area contributed by atoms with Crippen LogP contribution in [0.5, 0.6) is 0 Å². The second kappa shape index (κ2) is 8.13. The second-order valence-electron chi connectivity index (χ2n) is 7.88. The third kappa shape index (κ3) is 3.87. The van der Waals surface area contributed by atoms with Crippen LogP contribution in [-0.4, -0.2) is 17.4 Å². The zero-order valence-electron chi connectivity index (χ0n) is 16.4. The van der Waals surface area contributed by atoms with Crippen LogP contribution >= 0.6 is 11.8 Å². The molecule has 150 valence electrons. The molecule has 3 heterocycles. The number of aromatic nitrogens is 1. The van der Waals surface area contributed by atoms with Crippen LogP contribution in [-0.2, 0) is 0 Å². The lowest BCUT2D eigenvalue weighted by molar-refractivity contribution is 0.0954. The Kier molecular flexibility index (Phi) is 5.21. The molecule has 1 aliphatic carbocycles. The first kappa shape index (κ1) is 18.6. The average molecular weight is 407 g/mol. The Morgan fingerprint density at radius 3 is 3.10 bits per heavy atom. The van der Waals surface area contributed by atoms with E-state index in [1.165, 1.54) is 41.9 Å². The van der Waals surface area contributed by atoms with Crippen LogP contribution in [0.1, 0.15) is 60.6 Å². The Bertz CT molecular complexity index is 1030. The highest BCUT2D eigenvalue weighted by Gasteiger charge is 2.28. The first-order valence-corrected chi connectivity index (χ1v) is 11.3. The number of nitrogens with one attached hydrogen (secondary N) is 4. The van der Waals surface area contributed by atoms with Crippen LogP contribution < -0.4 is 16.2 Å². The zero-order chi connectivity index (χ0) is 19.6. The molecule has 0 fully saturated rings. The van der Waals surface area contributed by atoms with Crippen molar-refractivity contribution in [3.63, 3.8) is 0 Å². The zero-order valence-corrected chi connectivity index (χ0v) is 17.2. The fourth-order valence-electron chi connectivity index (χ4n) is 4.27. The summed E-state index contributed by atoms with van der Waals surface area (Å²) in [7, 11) is 0. The Morgan fingerprint density at radius 1 is 1.24 bits per heavy atom. The van der Waals surface area contributed by atoms with Gasteiger partial charge in [-0.15, -0.1) is 0 Å². The first-order valence-electron chi connectivity index (χ1n) is 10.4.